The first kappa shape index (κ1) is 16.3. The van der Waals surface area contributed by atoms with Gasteiger partial charge in [-0.15, -0.1) is 0 Å². The van der Waals surface area contributed by atoms with Crippen molar-refractivity contribution in [2.24, 2.45) is 22.4 Å². The van der Waals surface area contributed by atoms with Gasteiger partial charge in [0.05, 0.1) is 5.92 Å². The lowest BCUT2D eigenvalue weighted by molar-refractivity contribution is -0.121. The number of nitrogens with two attached hydrogens (primary N) is 2. The van der Waals surface area contributed by atoms with E-state index in [-0.39, 0.29) is 23.7 Å². The van der Waals surface area contributed by atoms with E-state index in [4.69, 9.17) is 23.1 Å². The number of hydrogen-bond acceptors (Lipinski definition) is 2. The number of amides is 1. The highest BCUT2D eigenvalue weighted by molar-refractivity contribution is 6.30. The van der Waals surface area contributed by atoms with E-state index in [1.807, 2.05) is 54.6 Å². The van der Waals surface area contributed by atoms with Crippen LogP contribution in [0.4, 0.5) is 5.69 Å². The highest BCUT2D eigenvalue weighted by atomic mass is 35.5. The number of halogens is 1. The van der Waals surface area contributed by atoms with E-state index in [2.05, 4.69) is 9.89 Å². The zero-order valence-corrected chi connectivity index (χ0v) is 13.9. The van der Waals surface area contributed by atoms with Crippen molar-refractivity contribution in [3.05, 3.63) is 65.2 Å². The van der Waals surface area contributed by atoms with Gasteiger partial charge in [0.1, 0.15) is 0 Å². The van der Waals surface area contributed by atoms with Crippen LogP contribution in [-0.4, -0.2) is 25.0 Å². The first-order chi connectivity index (χ1) is 11.5. The Kier molecular flexibility index (Phi) is 4.71. The van der Waals surface area contributed by atoms with Crippen molar-refractivity contribution in [1.29, 1.82) is 0 Å². The van der Waals surface area contributed by atoms with Gasteiger partial charge in [0.25, 0.3) is 5.91 Å². The van der Waals surface area contributed by atoms with Crippen molar-refractivity contribution in [1.82, 2.24) is 0 Å². The lowest BCUT2D eigenvalue weighted by Gasteiger charge is -2.18. The number of aliphatic imine (C=N–C) groups is 1. The van der Waals surface area contributed by atoms with Crippen molar-refractivity contribution in [2.45, 2.75) is 5.92 Å². The van der Waals surface area contributed by atoms with E-state index in [1.165, 1.54) is 0 Å². The number of guanidine groups is 1. The molecule has 0 aliphatic carbocycles. The molecule has 0 radical (unpaired) electrons. The third-order valence-corrected chi connectivity index (χ3v) is 4.51. The summed E-state index contributed by atoms with van der Waals surface area (Å²) in [5, 5.41) is 0.652. The predicted molar refractivity (Wildman–Crippen MR) is 97.2 cm³/mol. The summed E-state index contributed by atoms with van der Waals surface area (Å²) in [7, 11) is 0. The summed E-state index contributed by atoms with van der Waals surface area (Å²) >= 11 is 6.12. The van der Waals surface area contributed by atoms with E-state index < -0.39 is 0 Å². The van der Waals surface area contributed by atoms with Crippen LogP contribution in [0.15, 0.2) is 59.6 Å². The summed E-state index contributed by atoms with van der Waals surface area (Å²) in [5.41, 5.74) is 12.9. The number of hydrogen-bond donors (Lipinski definition) is 2. The first-order valence-electron chi connectivity index (χ1n) is 7.73. The number of nitrogens with zero attached hydrogens (tertiary/aromatic N) is 2. The molecule has 1 fully saturated rings. The van der Waals surface area contributed by atoms with E-state index in [9.17, 15) is 4.79 Å². The molecule has 24 heavy (non-hydrogen) atoms. The molecule has 5 nitrogen and oxygen atoms in total. The van der Waals surface area contributed by atoms with Crippen molar-refractivity contribution in [3.63, 3.8) is 0 Å². The molecule has 1 aliphatic rings. The van der Waals surface area contributed by atoms with Crippen LogP contribution in [0.1, 0.15) is 11.5 Å². The molecule has 1 aliphatic heterocycles. The Balaban J connectivity index is 1.93. The third kappa shape index (κ3) is 3.51. The molecule has 1 saturated heterocycles. The van der Waals surface area contributed by atoms with Gasteiger partial charge in [0, 0.05) is 29.7 Å². The largest absolute Gasteiger partial charge is 0.370 e. The molecule has 124 valence electrons. The molecule has 2 aromatic rings. The van der Waals surface area contributed by atoms with Crippen molar-refractivity contribution in [2.75, 3.05) is 18.0 Å². The molecule has 2 atom stereocenters. The fourth-order valence-electron chi connectivity index (χ4n) is 3.19. The van der Waals surface area contributed by atoms with Crippen molar-refractivity contribution < 1.29 is 4.79 Å². The highest BCUT2D eigenvalue weighted by Crippen LogP contribution is 2.36. The molecule has 1 amide bonds. The van der Waals surface area contributed by atoms with Gasteiger partial charge in [0.2, 0.25) is 0 Å². The standard InChI is InChI=1S/C18H19ClN4O/c19-13-6-4-5-12(9-13)15-10-23(14-7-2-1-3-8-14)11-16(15)17(24)22-18(20)21/h1-9,15-16H,10-11H2,(H4,20,21,22,24)/t15-,16+/m0/s1. The molecular weight excluding hydrogens is 324 g/mol. The smallest absolute Gasteiger partial charge is 0.254 e. The molecule has 0 unspecified atom stereocenters. The lowest BCUT2D eigenvalue weighted by atomic mass is 9.88. The summed E-state index contributed by atoms with van der Waals surface area (Å²) in [5.74, 6) is -0.827. The van der Waals surface area contributed by atoms with E-state index in [0.717, 1.165) is 11.3 Å². The van der Waals surface area contributed by atoms with Crippen molar-refractivity contribution >= 4 is 29.2 Å². The summed E-state index contributed by atoms with van der Waals surface area (Å²) in [4.78, 5) is 18.4. The second-order valence-electron chi connectivity index (χ2n) is 5.88. The molecule has 1 heterocycles. The van der Waals surface area contributed by atoms with Crippen LogP contribution in [0.25, 0.3) is 0 Å². The molecule has 2 aromatic carbocycles. The topological polar surface area (TPSA) is 84.7 Å². The normalized spacial score (nSPS) is 20.0. The SMILES string of the molecule is NC(N)=NC(=O)[C@@H]1CN(c2ccccc2)C[C@H]1c1cccc(Cl)c1. The summed E-state index contributed by atoms with van der Waals surface area (Å²) in [6.07, 6.45) is 0. The molecule has 0 aromatic heterocycles. The van der Waals surface area contributed by atoms with Crippen LogP contribution < -0.4 is 16.4 Å². The number of carbonyl (C=O) groups is 1. The van der Waals surface area contributed by atoms with Crippen LogP contribution in [0.2, 0.25) is 5.02 Å². The van der Waals surface area contributed by atoms with Gasteiger partial charge < -0.3 is 16.4 Å². The van der Waals surface area contributed by atoms with E-state index in [1.54, 1.807) is 0 Å². The predicted octanol–water partition coefficient (Wildman–Crippen LogP) is 2.36. The minimum atomic E-state index is -0.314. The molecule has 0 spiro atoms. The fraction of sp³-hybridized carbons (Fsp3) is 0.222. The number of anilines is 1. The monoisotopic (exact) mass is 342 g/mol. The Morgan fingerprint density at radius 3 is 2.50 bits per heavy atom. The summed E-state index contributed by atoms with van der Waals surface area (Å²) in [6, 6.07) is 17.6. The van der Waals surface area contributed by atoms with Gasteiger partial charge >= 0.3 is 0 Å². The van der Waals surface area contributed by atoms with Gasteiger partial charge in [0.15, 0.2) is 5.96 Å². The zero-order chi connectivity index (χ0) is 17.1. The Morgan fingerprint density at radius 2 is 1.83 bits per heavy atom. The summed E-state index contributed by atoms with van der Waals surface area (Å²) in [6.45, 7) is 1.28. The van der Waals surface area contributed by atoms with Crippen LogP contribution in [0.3, 0.4) is 0 Å². The van der Waals surface area contributed by atoms with Crippen molar-refractivity contribution in [3.8, 4) is 0 Å². The average molecular weight is 343 g/mol. The van der Waals surface area contributed by atoms with Gasteiger partial charge in [-0.2, -0.15) is 4.99 Å². The molecule has 0 saturated carbocycles. The lowest BCUT2D eigenvalue weighted by Crippen LogP contribution is -2.28. The Hall–Kier alpha value is -2.53. The highest BCUT2D eigenvalue weighted by Gasteiger charge is 2.38. The second kappa shape index (κ2) is 6.93. The fourth-order valence-corrected chi connectivity index (χ4v) is 3.39. The molecular formula is C18H19ClN4O. The number of rotatable bonds is 3. The van der Waals surface area contributed by atoms with Crippen LogP contribution in [-0.2, 0) is 4.79 Å². The quantitative estimate of drug-likeness (QED) is 0.662. The number of carbonyl (C=O) groups excluding carboxylic acids is 1. The van der Waals surface area contributed by atoms with Crippen LogP contribution in [0.5, 0.6) is 0 Å². The zero-order valence-electron chi connectivity index (χ0n) is 13.1. The van der Waals surface area contributed by atoms with Crippen LogP contribution in [0, 0.1) is 5.92 Å². The Morgan fingerprint density at radius 1 is 1.08 bits per heavy atom. The van der Waals surface area contributed by atoms with E-state index >= 15 is 0 Å². The Labute approximate surface area is 145 Å². The molecule has 0 bridgehead atoms. The number of benzene rings is 2. The van der Waals surface area contributed by atoms with Gasteiger partial charge in [-0.25, -0.2) is 0 Å². The maximum absolute atomic E-state index is 12.5. The first-order valence-corrected chi connectivity index (χ1v) is 8.11. The maximum atomic E-state index is 12.5. The third-order valence-electron chi connectivity index (χ3n) is 4.27. The van der Waals surface area contributed by atoms with Gasteiger partial charge in [-0.05, 0) is 29.8 Å². The molecule has 6 heteroatoms. The number of para-hydroxylation sites is 1. The average Bonchev–Trinajstić information content (AvgIpc) is 3.00. The minimum Gasteiger partial charge on any atom is -0.370 e. The molecule has 4 N–H and O–H groups in total. The van der Waals surface area contributed by atoms with Gasteiger partial charge in [-0.3, -0.25) is 4.79 Å². The molecule has 3 rings (SSSR count). The Bertz CT molecular complexity index is 759. The van der Waals surface area contributed by atoms with Gasteiger partial charge in [-0.1, -0.05) is 41.9 Å². The maximum Gasteiger partial charge on any atom is 0.254 e. The summed E-state index contributed by atoms with van der Waals surface area (Å²) < 4.78 is 0. The minimum absolute atomic E-state index is 0.0143. The second-order valence-corrected chi connectivity index (χ2v) is 6.32. The van der Waals surface area contributed by atoms with E-state index in [0.29, 0.717) is 18.1 Å². The van der Waals surface area contributed by atoms with Crippen LogP contribution >= 0.6 is 11.6 Å².